The molecule has 0 radical (unpaired) electrons. The van der Waals surface area contributed by atoms with Crippen molar-refractivity contribution >= 4 is 0 Å². The highest BCUT2D eigenvalue weighted by Crippen LogP contribution is 2.29. The summed E-state index contributed by atoms with van der Waals surface area (Å²) in [4.78, 5) is 0. The van der Waals surface area contributed by atoms with Crippen molar-refractivity contribution in [3.05, 3.63) is 58.7 Å². The lowest BCUT2D eigenvalue weighted by Crippen LogP contribution is -2.19. The minimum atomic E-state index is 0.446. The maximum absolute atomic E-state index is 3.56. The molecule has 0 aromatic heterocycles. The fourth-order valence-corrected chi connectivity index (χ4v) is 2.94. The number of aryl methyl sites for hydroxylation is 3. The zero-order chi connectivity index (χ0) is 15.4. The van der Waals surface area contributed by atoms with Crippen LogP contribution in [0.15, 0.2) is 36.4 Å². The van der Waals surface area contributed by atoms with Crippen LogP contribution in [0.1, 0.15) is 48.6 Å². The van der Waals surface area contributed by atoms with Crippen LogP contribution in [0.25, 0.3) is 11.1 Å². The second-order valence-electron chi connectivity index (χ2n) is 5.90. The zero-order valence-corrected chi connectivity index (χ0v) is 14.0. The molecule has 1 N–H and O–H groups in total. The zero-order valence-electron chi connectivity index (χ0n) is 14.0. The largest absolute Gasteiger partial charge is 0.310 e. The Balaban J connectivity index is 2.44. The molecule has 0 aliphatic rings. The van der Waals surface area contributed by atoms with Gasteiger partial charge in [0.2, 0.25) is 0 Å². The molecule has 21 heavy (non-hydrogen) atoms. The first kappa shape index (κ1) is 15.8. The van der Waals surface area contributed by atoms with Gasteiger partial charge in [0.25, 0.3) is 0 Å². The second-order valence-corrected chi connectivity index (χ2v) is 5.90. The molecule has 2 rings (SSSR count). The molecule has 0 heterocycles. The Morgan fingerprint density at radius 2 is 1.62 bits per heavy atom. The minimum absolute atomic E-state index is 0.446. The van der Waals surface area contributed by atoms with E-state index in [0.717, 1.165) is 13.0 Å². The van der Waals surface area contributed by atoms with Gasteiger partial charge < -0.3 is 5.32 Å². The Morgan fingerprint density at radius 1 is 0.905 bits per heavy atom. The van der Waals surface area contributed by atoms with E-state index in [1.54, 1.807) is 0 Å². The molecule has 1 heteroatoms. The Bertz CT molecular complexity index is 613. The van der Waals surface area contributed by atoms with Crippen molar-refractivity contribution in [3.8, 4) is 11.1 Å². The van der Waals surface area contributed by atoms with Crippen molar-refractivity contribution in [2.75, 3.05) is 6.54 Å². The fourth-order valence-electron chi connectivity index (χ4n) is 2.94. The molecule has 2 aromatic rings. The third-order valence-electron chi connectivity index (χ3n) is 4.30. The Hall–Kier alpha value is -1.60. The lowest BCUT2D eigenvalue weighted by Gasteiger charge is -2.18. The van der Waals surface area contributed by atoms with Gasteiger partial charge in [0.15, 0.2) is 0 Å². The van der Waals surface area contributed by atoms with Crippen molar-refractivity contribution in [1.29, 1.82) is 0 Å². The summed E-state index contributed by atoms with van der Waals surface area (Å²) < 4.78 is 0. The van der Waals surface area contributed by atoms with E-state index in [1.165, 1.54) is 33.4 Å². The van der Waals surface area contributed by atoms with E-state index in [0.29, 0.717) is 6.04 Å². The van der Waals surface area contributed by atoms with Crippen LogP contribution in [-0.4, -0.2) is 6.54 Å². The maximum atomic E-state index is 3.56. The standard InChI is InChI=1S/C20H27N/c1-6-20(21-7-2)18-10-8-9-17(13-18)19-12-15(4)14(3)11-16(19)5/h8-13,20-21H,6-7H2,1-5H3. The molecule has 0 bridgehead atoms. The quantitative estimate of drug-likeness (QED) is 0.780. The average Bonchev–Trinajstić information content (AvgIpc) is 2.48. The first-order valence-corrected chi connectivity index (χ1v) is 7.98. The summed E-state index contributed by atoms with van der Waals surface area (Å²) in [5.41, 5.74) is 8.14. The predicted molar refractivity (Wildman–Crippen MR) is 92.8 cm³/mol. The van der Waals surface area contributed by atoms with Gasteiger partial charge in [-0.2, -0.15) is 0 Å². The Labute approximate surface area is 129 Å². The molecule has 1 atom stereocenters. The molecule has 0 spiro atoms. The van der Waals surface area contributed by atoms with Crippen LogP contribution in [0.3, 0.4) is 0 Å². The van der Waals surface area contributed by atoms with Gasteiger partial charge in [0.1, 0.15) is 0 Å². The van der Waals surface area contributed by atoms with Gasteiger partial charge in [-0.25, -0.2) is 0 Å². The molecule has 0 amide bonds. The van der Waals surface area contributed by atoms with E-state index >= 15 is 0 Å². The molecular weight excluding hydrogens is 254 g/mol. The summed E-state index contributed by atoms with van der Waals surface area (Å²) in [5, 5.41) is 3.56. The van der Waals surface area contributed by atoms with Gasteiger partial charge in [-0.15, -0.1) is 0 Å². The molecule has 0 aliphatic heterocycles. The molecule has 1 nitrogen and oxygen atoms in total. The highest BCUT2D eigenvalue weighted by molar-refractivity contribution is 5.69. The number of hydrogen-bond donors (Lipinski definition) is 1. The molecule has 2 aromatic carbocycles. The molecule has 112 valence electrons. The Morgan fingerprint density at radius 3 is 2.29 bits per heavy atom. The number of hydrogen-bond acceptors (Lipinski definition) is 1. The maximum Gasteiger partial charge on any atom is 0.0317 e. The van der Waals surface area contributed by atoms with E-state index in [-0.39, 0.29) is 0 Å². The smallest absolute Gasteiger partial charge is 0.0317 e. The third-order valence-corrected chi connectivity index (χ3v) is 4.30. The van der Waals surface area contributed by atoms with Crippen LogP contribution in [0.2, 0.25) is 0 Å². The third kappa shape index (κ3) is 3.54. The topological polar surface area (TPSA) is 12.0 Å². The molecule has 0 saturated heterocycles. The number of nitrogens with one attached hydrogen (secondary N) is 1. The van der Waals surface area contributed by atoms with Crippen LogP contribution < -0.4 is 5.32 Å². The summed E-state index contributed by atoms with van der Waals surface area (Å²) in [6.45, 7) is 12.0. The normalized spacial score (nSPS) is 12.4. The summed E-state index contributed by atoms with van der Waals surface area (Å²) in [6, 6.07) is 14.0. The van der Waals surface area contributed by atoms with Gasteiger partial charge in [-0.1, -0.05) is 44.2 Å². The second kappa shape index (κ2) is 6.91. The van der Waals surface area contributed by atoms with E-state index in [1.807, 2.05) is 0 Å². The summed E-state index contributed by atoms with van der Waals surface area (Å²) in [6.07, 6.45) is 1.11. The van der Waals surface area contributed by atoms with Gasteiger partial charge in [0, 0.05) is 6.04 Å². The molecule has 0 aliphatic carbocycles. The minimum Gasteiger partial charge on any atom is -0.310 e. The Kier molecular flexibility index (Phi) is 5.19. The monoisotopic (exact) mass is 281 g/mol. The van der Waals surface area contributed by atoms with Crippen LogP contribution in [-0.2, 0) is 0 Å². The van der Waals surface area contributed by atoms with Gasteiger partial charge >= 0.3 is 0 Å². The predicted octanol–water partition coefficient (Wildman–Crippen LogP) is 5.34. The van der Waals surface area contributed by atoms with E-state index in [9.17, 15) is 0 Å². The van der Waals surface area contributed by atoms with E-state index < -0.39 is 0 Å². The SMILES string of the molecule is CCNC(CC)c1cccc(-c2cc(C)c(C)cc2C)c1. The number of benzene rings is 2. The highest BCUT2D eigenvalue weighted by atomic mass is 14.9. The first-order chi connectivity index (χ1) is 10.1. The van der Waals surface area contributed by atoms with Crippen molar-refractivity contribution in [2.24, 2.45) is 0 Å². The molecular formula is C20H27N. The molecule has 1 unspecified atom stereocenters. The first-order valence-electron chi connectivity index (χ1n) is 7.98. The average molecular weight is 281 g/mol. The summed E-state index contributed by atoms with van der Waals surface area (Å²) in [7, 11) is 0. The fraction of sp³-hybridized carbons (Fsp3) is 0.400. The van der Waals surface area contributed by atoms with Crippen molar-refractivity contribution in [2.45, 2.75) is 47.1 Å². The van der Waals surface area contributed by atoms with Crippen LogP contribution in [0.5, 0.6) is 0 Å². The van der Waals surface area contributed by atoms with Gasteiger partial charge in [0.05, 0.1) is 0 Å². The molecule has 0 saturated carbocycles. The lowest BCUT2D eigenvalue weighted by molar-refractivity contribution is 0.537. The van der Waals surface area contributed by atoms with Crippen LogP contribution in [0.4, 0.5) is 0 Å². The highest BCUT2D eigenvalue weighted by Gasteiger charge is 2.10. The lowest BCUT2D eigenvalue weighted by atomic mass is 9.93. The van der Waals surface area contributed by atoms with Crippen molar-refractivity contribution < 1.29 is 0 Å². The van der Waals surface area contributed by atoms with E-state index in [2.05, 4.69) is 76.3 Å². The molecule has 0 fully saturated rings. The van der Waals surface area contributed by atoms with E-state index in [4.69, 9.17) is 0 Å². The van der Waals surface area contributed by atoms with Crippen LogP contribution in [0, 0.1) is 20.8 Å². The summed E-state index contributed by atoms with van der Waals surface area (Å²) in [5.74, 6) is 0. The number of rotatable bonds is 5. The summed E-state index contributed by atoms with van der Waals surface area (Å²) >= 11 is 0. The van der Waals surface area contributed by atoms with Crippen molar-refractivity contribution in [1.82, 2.24) is 5.32 Å². The van der Waals surface area contributed by atoms with Crippen molar-refractivity contribution in [3.63, 3.8) is 0 Å². The van der Waals surface area contributed by atoms with Gasteiger partial charge in [-0.05, 0) is 73.2 Å². The van der Waals surface area contributed by atoms with Gasteiger partial charge in [-0.3, -0.25) is 0 Å². The van der Waals surface area contributed by atoms with Crippen LogP contribution >= 0.6 is 0 Å².